The summed E-state index contributed by atoms with van der Waals surface area (Å²) < 4.78 is 0. The van der Waals surface area contributed by atoms with Crippen LogP contribution >= 0.6 is 0 Å². The second-order valence-corrected chi connectivity index (χ2v) is 5.17. The number of carboxylic acid groups (broad SMARTS) is 1. The number of rotatable bonds is 8. The van der Waals surface area contributed by atoms with E-state index in [1.807, 2.05) is 6.07 Å². The Bertz CT molecular complexity index is 548. The number of carbonyl (C=O) groups excluding carboxylic acids is 2. The molecule has 3 atom stereocenters. The van der Waals surface area contributed by atoms with Crippen molar-refractivity contribution in [3.05, 3.63) is 35.9 Å². The topological polar surface area (TPSA) is 148 Å². The Kier molecular flexibility index (Phi) is 7.17. The fraction of sp³-hybridized carbons (Fsp3) is 0.400. The van der Waals surface area contributed by atoms with E-state index in [4.69, 9.17) is 11.5 Å². The lowest BCUT2D eigenvalue weighted by Gasteiger charge is -2.21. The first-order valence-corrected chi connectivity index (χ1v) is 7.18. The number of nitrogens with one attached hydrogen (secondary N) is 2. The highest BCUT2D eigenvalue weighted by molar-refractivity contribution is 5.91. The lowest BCUT2D eigenvalue weighted by Crippen LogP contribution is -2.56. The minimum atomic E-state index is -1.17. The smallest absolute Gasteiger partial charge is 0.326 e. The normalized spacial score (nSPS) is 14.4. The number of carbonyl (C=O) groups is 3. The minimum Gasteiger partial charge on any atom is -0.480 e. The Labute approximate surface area is 134 Å². The van der Waals surface area contributed by atoms with Gasteiger partial charge < -0.3 is 27.2 Å². The van der Waals surface area contributed by atoms with E-state index in [0.29, 0.717) is 0 Å². The average molecular weight is 322 g/mol. The van der Waals surface area contributed by atoms with Crippen LogP contribution in [-0.4, -0.2) is 47.6 Å². The Hall–Kier alpha value is -2.45. The number of hydrogen-bond acceptors (Lipinski definition) is 5. The molecule has 0 heterocycles. The molecule has 23 heavy (non-hydrogen) atoms. The van der Waals surface area contributed by atoms with Gasteiger partial charge in [0, 0.05) is 13.0 Å². The molecule has 0 bridgehead atoms. The van der Waals surface area contributed by atoms with Crippen LogP contribution < -0.4 is 22.1 Å². The standard InChI is InChI=1S/C15H22N4O4/c1-9(17)13(20)19-12(8-16)14(21)18-11(15(22)23)7-10-5-3-2-4-6-10/h2-6,9,11-12H,7-8,16-17H2,1H3,(H,18,21)(H,19,20)(H,22,23)/t9-,11-,12-/m0/s1. The quantitative estimate of drug-likeness (QED) is 0.397. The summed E-state index contributed by atoms with van der Waals surface area (Å²) in [5.41, 5.74) is 11.6. The molecular weight excluding hydrogens is 300 g/mol. The van der Waals surface area contributed by atoms with Crippen molar-refractivity contribution in [2.45, 2.75) is 31.5 Å². The van der Waals surface area contributed by atoms with Gasteiger partial charge in [-0.1, -0.05) is 30.3 Å². The first kappa shape index (κ1) is 18.6. The van der Waals surface area contributed by atoms with Crippen molar-refractivity contribution in [3.63, 3.8) is 0 Å². The zero-order chi connectivity index (χ0) is 17.4. The molecule has 0 radical (unpaired) electrons. The Balaban J connectivity index is 2.72. The summed E-state index contributed by atoms with van der Waals surface area (Å²) in [5.74, 6) is -2.37. The highest BCUT2D eigenvalue weighted by Gasteiger charge is 2.26. The molecule has 126 valence electrons. The maximum atomic E-state index is 12.1. The molecule has 1 aromatic rings. The third-order valence-corrected chi connectivity index (χ3v) is 3.18. The molecule has 0 saturated carbocycles. The molecular formula is C15H22N4O4. The lowest BCUT2D eigenvalue weighted by molar-refractivity contribution is -0.142. The van der Waals surface area contributed by atoms with E-state index in [9.17, 15) is 19.5 Å². The van der Waals surface area contributed by atoms with Crippen molar-refractivity contribution >= 4 is 17.8 Å². The lowest BCUT2D eigenvalue weighted by atomic mass is 10.1. The Morgan fingerprint density at radius 2 is 1.65 bits per heavy atom. The van der Waals surface area contributed by atoms with Crippen LogP contribution in [0.3, 0.4) is 0 Å². The predicted molar refractivity (Wildman–Crippen MR) is 84.3 cm³/mol. The van der Waals surface area contributed by atoms with Gasteiger partial charge in [-0.2, -0.15) is 0 Å². The summed E-state index contributed by atoms with van der Waals surface area (Å²) in [4.78, 5) is 35.0. The van der Waals surface area contributed by atoms with E-state index in [1.54, 1.807) is 24.3 Å². The molecule has 0 unspecified atom stereocenters. The van der Waals surface area contributed by atoms with E-state index in [-0.39, 0.29) is 13.0 Å². The SMILES string of the molecule is C[C@H](N)C(=O)N[C@@H](CN)C(=O)N[C@@H](Cc1ccccc1)C(=O)O. The number of aliphatic carboxylic acids is 1. The van der Waals surface area contributed by atoms with E-state index in [0.717, 1.165) is 5.56 Å². The highest BCUT2D eigenvalue weighted by atomic mass is 16.4. The van der Waals surface area contributed by atoms with E-state index in [2.05, 4.69) is 10.6 Å². The largest absolute Gasteiger partial charge is 0.480 e. The first-order chi connectivity index (χ1) is 10.8. The monoisotopic (exact) mass is 322 g/mol. The molecule has 1 rings (SSSR count). The van der Waals surface area contributed by atoms with Crippen molar-refractivity contribution in [3.8, 4) is 0 Å². The number of carboxylic acids is 1. The van der Waals surface area contributed by atoms with Crippen LogP contribution in [-0.2, 0) is 20.8 Å². The van der Waals surface area contributed by atoms with Gasteiger partial charge in [0.25, 0.3) is 0 Å². The van der Waals surface area contributed by atoms with Crippen molar-refractivity contribution in [1.82, 2.24) is 10.6 Å². The van der Waals surface area contributed by atoms with Crippen molar-refractivity contribution in [1.29, 1.82) is 0 Å². The number of amides is 2. The van der Waals surface area contributed by atoms with Crippen LogP contribution in [0.4, 0.5) is 0 Å². The van der Waals surface area contributed by atoms with Gasteiger partial charge >= 0.3 is 5.97 Å². The molecule has 2 amide bonds. The number of hydrogen-bond donors (Lipinski definition) is 5. The molecule has 0 spiro atoms. The zero-order valence-electron chi connectivity index (χ0n) is 12.9. The summed E-state index contributed by atoms with van der Waals surface area (Å²) in [6.45, 7) is 1.30. The summed E-state index contributed by atoms with van der Waals surface area (Å²) in [7, 11) is 0. The second kappa shape index (κ2) is 8.86. The van der Waals surface area contributed by atoms with E-state index >= 15 is 0 Å². The fourth-order valence-electron chi connectivity index (χ4n) is 1.86. The van der Waals surface area contributed by atoms with Gasteiger partial charge in [-0.3, -0.25) is 9.59 Å². The predicted octanol–water partition coefficient (Wildman–Crippen LogP) is -1.41. The molecule has 0 aliphatic heterocycles. The van der Waals surface area contributed by atoms with Gasteiger partial charge in [-0.15, -0.1) is 0 Å². The van der Waals surface area contributed by atoms with Crippen LogP contribution in [0.5, 0.6) is 0 Å². The fourth-order valence-corrected chi connectivity index (χ4v) is 1.86. The maximum absolute atomic E-state index is 12.1. The van der Waals surface area contributed by atoms with E-state index < -0.39 is 35.9 Å². The van der Waals surface area contributed by atoms with Crippen LogP contribution in [0.25, 0.3) is 0 Å². The van der Waals surface area contributed by atoms with Gasteiger partial charge in [0.05, 0.1) is 6.04 Å². The molecule has 7 N–H and O–H groups in total. The molecule has 1 aromatic carbocycles. The average Bonchev–Trinajstić information content (AvgIpc) is 2.52. The Morgan fingerprint density at radius 1 is 1.09 bits per heavy atom. The minimum absolute atomic E-state index is 0.125. The molecule has 8 nitrogen and oxygen atoms in total. The molecule has 0 saturated heterocycles. The zero-order valence-corrected chi connectivity index (χ0v) is 12.9. The van der Waals surface area contributed by atoms with Gasteiger partial charge in [0.1, 0.15) is 12.1 Å². The summed E-state index contributed by atoms with van der Waals surface area (Å²) >= 11 is 0. The number of benzene rings is 1. The second-order valence-electron chi connectivity index (χ2n) is 5.17. The molecule has 0 aromatic heterocycles. The summed E-state index contributed by atoms with van der Waals surface area (Å²) in [6.07, 6.45) is 0.125. The highest BCUT2D eigenvalue weighted by Crippen LogP contribution is 2.04. The molecule has 0 aliphatic rings. The summed E-state index contributed by atoms with van der Waals surface area (Å²) in [6, 6.07) is 5.95. The maximum Gasteiger partial charge on any atom is 0.326 e. The van der Waals surface area contributed by atoms with Crippen LogP contribution in [0.1, 0.15) is 12.5 Å². The Morgan fingerprint density at radius 3 is 2.13 bits per heavy atom. The van der Waals surface area contributed by atoms with Crippen molar-refractivity contribution < 1.29 is 19.5 Å². The van der Waals surface area contributed by atoms with Crippen molar-refractivity contribution in [2.24, 2.45) is 11.5 Å². The van der Waals surface area contributed by atoms with E-state index in [1.165, 1.54) is 6.92 Å². The van der Waals surface area contributed by atoms with Gasteiger partial charge in [-0.05, 0) is 12.5 Å². The van der Waals surface area contributed by atoms with Crippen LogP contribution in [0.15, 0.2) is 30.3 Å². The van der Waals surface area contributed by atoms with Crippen LogP contribution in [0.2, 0.25) is 0 Å². The van der Waals surface area contributed by atoms with Gasteiger partial charge in [0.15, 0.2) is 0 Å². The molecule has 8 heteroatoms. The number of nitrogens with two attached hydrogens (primary N) is 2. The van der Waals surface area contributed by atoms with Gasteiger partial charge in [0.2, 0.25) is 11.8 Å². The third kappa shape index (κ3) is 6.05. The van der Waals surface area contributed by atoms with Gasteiger partial charge in [-0.25, -0.2) is 4.79 Å². The third-order valence-electron chi connectivity index (χ3n) is 3.18. The first-order valence-electron chi connectivity index (χ1n) is 7.18. The molecule has 0 fully saturated rings. The van der Waals surface area contributed by atoms with Crippen LogP contribution in [0, 0.1) is 0 Å². The van der Waals surface area contributed by atoms with Crippen molar-refractivity contribution in [2.75, 3.05) is 6.54 Å². The molecule has 0 aliphatic carbocycles. The summed E-state index contributed by atoms with van der Waals surface area (Å²) in [5, 5.41) is 14.0.